The van der Waals surface area contributed by atoms with Crippen molar-refractivity contribution in [3.8, 4) is 0 Å². The van der Waals surface area contributed by atoms with Crippen molar-refractivity contribution in [2.24, 2.45) is 0 Å². The zero-order chi connectivity index (χ0) is 18.4. The lowest BCUT2D eigenvalue weighted by Gasteiger charge is -2.19. The molecule has 9 heteroatoms. The molecule has 1 heterocycles. The molecule has 2 N–H and O–H groups in total. The maximum absolute atomic E-state index is 11.5. The largest absolute Gasteiger partial charge is 0.444 e. The molecular weight excluding hydrogens is 344 g/mol. The summed E-state index contributed by atoms with van der Waals surface area (Å²) in [5.74, 6) is 0. The van der Waals surface area contributed by atoms with E-state index in [1.165, 1.54) is 23.5 Å². The summed E-state index contributed by atoms with van der Waals surface area (Å²) >= 11 is 1.39. The van der Waals surface area contributed by atoms with Crippen LogP contribution in [0.1, 0.15) is 33.6 Å². The standard InChI is InChI=1S/C16H22N4O4S/c1-16(2,3)24-15(21)18-9-5-4-8-17-14-19-12-7-6-11(20(22)23)10-13(12)25-14/h6-7,10H,4-5,8-9H2,1-3H3,(H,17,19)(H,18,21). The van der Waals surface area contributed by atoms with E-state index < -0.39 is 16.6 Å². The fraction of sp³-hybridized carbons (Fsp3) is 0.500. The number of ether oxygens (including phenoxy) is 1. The summed E-state index contributed by atoms with van der Waals surface area (Å²) in [4.78, 5) is 26.2. The van der Waals surface area contributed by atoms with E-state index in [-0.39, 0.29) is 5.69 Å². The van der Waals surface area contributed by atoms with Gasteiger partial charge in [-0.1, -0.05) is 11.3 Å². The Balaban J connectivity index is 1.71. The van der Waals surface area contributed by atoms with Gasteiger partial charge in [0.05, 0.1) is 15.1 Å². The summed E-state index contributed by atoms with van der Waals surface area (Å²) in [5, 5.41) is 17.4. The van der Waals surface area contributed by atoms with Crippen LogP contribution in [0.3, 0.4) is 0 Å². The minimum Gasteiger partial charge on any atom is -0.444 e. The molecule has 136 valence electrons. The van der Waals surface area contributed by atoms with E-state index >= 15 is 0 Å². The molecule has 0 atom stereocenters. The molecule has 8 nitrogen and oxygen atoms in total. The van der Waals surface area contributed by atoms with E-state index in [4.69, 9.17) is 4.74 Å². The summed E-state index contributed by atoms with van der Waals surface area (Å²) in [6, 6.07) is 4.64. The molecule has 0 fully saturated rings. The Labute approximate surface area is 149 Å². The molecule has 1 aromatic heterocycles. The molecule has 2 aromatic rings. The number of carbonyl (C=O) groups is 1. The number of hydrogen-bond acceptors (Lipinski definition) is 7. The van der Waals surface area contributed by atoms with Crippen molar-refractivity contribution in [2.75, 3.05) is 18.4 Å². The first-order valence-electron chi connectivity index (χ1n) is 8.00. The lowest BCUT2D eigenvalue weighted by molar-refractivity contribution is -0.384. The molecular formula is C16H22N4O4S. The van der Waals surface area contributed by atoms with Crippen LogP contribution in [0.15, 0.2) is 18.2 Å². The third kappa shape index (κ3) is 6.18. The monoisotopic (exact) mass is 366 g/mol. The number of nitrogens with zero attached hydrogens (tertiary/aromatic N) is 2. The van der Waals surface area contributed by atoms with Gasteiger partial charge in [0.2, 0.25) is 0 Å². The van der Waals surface area contributed by atoms with Crippen LogP contribution < -0.4 is 10.6 Å². The summed E-state index contributed by atoms with van der Waals surface area (Å²) in [6.07, 6.45) is 1.25. The van der Waals surface area contributed by atoms with Crippen LogP contribution in [-0.4, -0.2) is 34.7 Å². The van der Waals surface area contributed by atoms with E-state index in [2.05, 4.69) is 15.6 Å². The van der Waals surface area contributed by atoms with E-state index in [0.717, 1.165) is 28.2 Å². The highest BCUT2D eigenvalue weighted by Gasteiger charge is 2.15. The van der Waals surface area contributed by atoms with Gasteiger partial charge in [-0.05, 0) is 39.7 Å². The Bertz CT molecular complexity index is 754. The summed E-state index contributed by atoms with van der Waals surface area (Å²) in [5.41, 5.74) is 0.314. The fourth-order valence-electron chi connectivity index (χ4n) is 2.05. The van der Waals surface area contributed by atoms with Gasteiger partial charge in [-0.3, -0.25) is 10.1 Å². The van der Waals surface area contributed by atoms with Crippen molar-refractivity contribution in [2.45, 2.75) is 39.2 Å². The van der Waals surface area contributed by atoms with Gasteiger partial charge in [-0.15, -0.1) is 0 Å². The van der Waals surface area contributed by atoms with Crippen molar-refractivity contribution in [3.05, 3.63) is 28.3 Å². The molecule has 0 aliphatic carbocycles. The quantitative estimate of drug-likeness (QED) is 0.437. The minimum absolute atomic E-state index is 0.0657. The number of aromatic nitrogens is 1. The SMILES string of the molecule is CC(C)(C)OC(=O)NCCCCNc1nc2ccc([N+](=O)[O-])cc2s1. The second-order valence-electron chi connectivity index (χ2n) is 6.49. The first-order chi connectivity index (χ1) is 11.7. The Morgan fingerprint density at radius 3 is 2.72 bits per heavy atom. The third-order valence-corrected chi connectivity index (χ3v) is 4.11. The number of carbonyl (C=O) groups excluding carboxylic acids is 1. The average Bonchev–Trinajstić information content (AvgIpc) is 2.90. The van der Waals surface area contributed by atoms with Crippen LogP contribution >= 0.6 is 11.3 Å². The van der Waals surface area contributed by atoms with Gasteiger partial charge in [0, 0.05) is 25.2 Å². The van der Waals surface area contributed by atoms with Gasteiger partial charge in [0.15, 0.2) is 5.13 Å². The van der Waals surface area contributed by atoms with Crippen LogP contribution in [0.4, 0.5) is 15.6 Å². The predicted octanol–water partition coefficient (Wildman–Crippen LogP) is 3.92. The van der Waals surface area contributed by atoms with Crippen molar-refractivity contribution >= 4 is 38.5 Å². The molecule has 1 aromatic carbocycles. The topological polar surface area (TPSA) is 106 Å². The Morgan fingerprint density at radius 1 is 1.32 bits per heavy atom. The lowest BCUT2D eigenvalue weighted by atomic mass is 10.2. The number of alkyl carbamates (subject to hydrolysis) is 1. The second-order valence-corrected chi connectivity index (χ2v) is 7.52. The molecule has 0 aliphatic heterocycles. The van der Waals surface area contributed by atoms with Crippen molar-refractivity contribution in [3.63, 3.8) is 0 Å². The van der Waals surface area contributed by atoms with E-state index in [9.17, 15) is 14.9 Å². The minimum atomic E-state index is -0.493. The number of amides is 1. The van der Waals surface area contributed by atoms with E-state index in [0.29, 0.717) is 13.1 Å². The molecule has 25 heavy (non-hydrogen) atoms. The zero-order valence-corrected chi connectivity index (χ0v) is 15.3. The number of non-ortho nitro benzene ring substituents is 1. The molecule has 0 radical (unpaired) electrons. The fourth-order valence-corrected chi connectivity index (χ4v) is 2.98. The van der Waals surface area contributed by atoms with Gasteiger partial charge >= 0.3 is 6.09 Å². The summed E-state index contributed by atoms with van der Waals surface area (Å²) in [7, 11) is 0. The van der Waals surface area contributed by atoms with Crippen molar-refractivity contribution in [1.29, 1.82) is 0 Å². The number of nitro groups is 1. The van der Waals surface area contributed by atoms with Crippen LogP contribution in [0.2, 0.25) is 0 Å². The van der Waals surface area contributed by atoms with Crippen LogP contribution in [0.5, 0.6) is 0 Å². The van der Waals surface area contributed by atoms with E-state index in [1.807, 2.05) is 20.8 Å². The van der Waals surface area contributed by atoms with Crippen molar-refractivity contribution in [1.82, 2.24) is 10.3 Å². The number of benzene rings is 1. The average molecular weight is 366 g/mol. The molecule has 0 unspecified atom stereocenters. The maximum Gasteiger partial charge on any atom is 0.407 e. The summed E-state index contributed by atoms with van der Waals surface area (Å²) < 4.78 is 5.93. The molecule has 1 amide bonds. The number of fused-ring (bicyclic) bond motifs is 1. The van der Waals surface area contributed by atoms with E-state index in [1.54, 1.807) is 6.07 Å². The molecule has 0 aliphatic rings. The van der Waals surface area contributed by atoms with Gasteiger partial charge in [-0.25, -0.2) is 9.78 Å². The predicted molar refractivity (Wildman–Crippen MR) is 98.2 cm³/mol. The highest BCUT2D eigenvalue weighted by molar-refractivity contribution is 7.22. The van der Waals surface area contributed by atoms with Crippen LogP contribution in [-0.2, 0) is 4.74 Å². The molecule has 0 saturated carbocycles. The number of hydrogen-bond donors (Lipinski definition) is 2. The number of nitro benzene ring substituents is 1. The smallest absolute Gasteiger partial charge is 0.407 e. The number of anilines is 1. The molecule has 0 bridgehead atoms. The van der Waals surface area contributed by atoms with Crippen LogP contribution in [0.25, 0.3) is 10.2 Å². The van der Waals surface area contributed by atoms with Crippen molar-refractivity contribution < 1.29 is 14.5 Å². The molecule has 0 spiro atoms. The Morgan fingerprint density at radius 2 is 2.04 bits per heavy atom. The van der Waals surface area contributed by atoms with Gasteiger partial charge in [-0.2, -0.15) is 0 Å². The normalized spacial score (nSPS) is 11.3. The van der Waals surface area contributed by atoms with Gasteiger partial charge < -0.3 is 15.4 Å². The highest BCUT2D eigenvalue weighted by atomic mass is 32.1. The number of rotatable bonds is 7. The first kappa shape index (κ1) is 18.9. The first-order valence-corrected chi connectivity index (χ1v) is 8.82. The molecule has 2 rings (SSSR count). The maximum atomic E-state index is 11.5. The summed E-state index contributed by atoms with van der Waals surface area (Å²) in [6.45, 7) is 6.72. The third-order valence-electron chi connectivity index (χ3n) is 3.13. The number of nitrogens with one attached hydrogen (secondary N) is 2. The Kier molecular flexibility index (Phi) is 6.13. The number of thiazole rings is 1. The second kappa shape index (κ2) is 8.11. The zero-order valence-electron chi connectivity index (χ0n) is 14.5. The molecule has 0 saturated heterocycles. The van der Waals surface area contributed by atoms with Gasteiger partial charge in [0.25, 0.3) is 5.69 Å². The lowest BCUT2D eigenvalue weighted by Crippen LogP contribution is -2.33. The highest BCUT2D eigenvalue weighted by Crippen LogP contribution is 2.29. The number of unbranched alkanes of at least 4 members (excludes halogenated alkanes) is 1. The van der Waals surface area contributed by atoms with Gasteiger partial charge in [0.1, 0.15) is 5.60 Å². The Hall–Kier alpha value is -2.42. The van der Waals surface area contributed by atoms with Crippen LogP contribution in [0, 0.1) is 10.1 Å².